The number of pyridine rings is 1. The SMILES string of the molecule is CCOc1cncc(C(NC)c2cc(I)ccc2Br)c1. The van der Waals surface area contributed by atoms with E-state index in [-0.39, 0.29) is 6.04 Å². The molecule has 1 aromatic heterocycles. The maximum Gasteiger partial charge on any atom is 0.137 e. The Bertz CT molecular complexity index is 592. The Kier molecular flexibility index (Phi) is 5.80. The molecule has 1 N–H and O–H groups in total. The van der Waals surface area contributed by atoms with Crippen molar-refractivity contribution in [2.24, 2.45) is 0 Å². The van der Waals surface area contributed by atoms with Gasteiger partial charge in [0.1, 0.15) is 5.75 Å². The highest BCUT2D eigenvalue weighted by atomic mass is 127. The minimum Gasteiger partial charge on any atom is -0.492 e. The third-order valence-electron chi connectivity index (χ3n) is 2.94. The Morgan fingerprint density at radius 2 is 2.15 bits per heavy atom. The molecule has 20 heavy (non-hydrogen) atoms. The first-order chi connectivity index (χ1) is 9.65. The molecule has 1 atom stereocenters. The molecule has 0 spiro atoms. The predicted octanol–water partition coefficient (Wildman–Crippen LogP) is 4.16. The third-order valence-corrected chi connectivity index (χ3v) is 4.33. The Morgan fingerprint density at radius 1 is 1.35 bits per heavy atom. The van der Waals surface area contributed by atoms with E-state index in [0.29, 0.717) is 6.61 Å². The molecule has 0 aliphatic heterocycles. The number of ether oxygens (including phenoxy) is 1. The van der Waals surface area contributed by atoms with Gasteiger partial charge in [-0.05, 0) is 72.0 Å². The van der Waals surface area contributed by atoms with E-state index in [1.165, 1.54) is 9.13 Å². The normalized spacial score (nSPS) is 12.2. The largest absolute Gasteiger partial charge is 0.492 e. The molecule has 106 valence electrons. The maximum atomic E-state index is 5.53. The van der Waals surface area contributed by atoms with Crippen LogP contribution in [0.25, 0.3) is 0 Å². The summed E-state index contributed by atoms with van der Waals surface area (Å²) in [4.78, 5) is 4.27. The van der Waals surface area contributed by atoms with Gasteiger partial charge in [-0.1, -0.05) is 15.9 Å². The van der Waals surface area contributed by atoms with Crippen LogP contribution >= 0.6 is 38.5 Å². The summed E-state index contributed by atoms with van der Waals surface area (Å²) in [6, 6.07) is 8.42. The molecule has 2 aromatic rings. The van der Waals surface area contributed by atoms with Gasteiger partial charge >= 0.3 is 0 Å². The number of aromatic nitrogens is 1. The second-order valence-electron chi connectivity index (χ2n) is 4.27. The fourth-order valence-corrected chi connectivity index (χ4v) is 3.07. The van der Waals surface area contributed by atoms with Crippen LogP contribution in [-0.4, -0.2) is 18.6 Å². The molecule has 0 saturated heterocycles. The summed E-state index contributed by atoms with van der Waals surface area (Å²) < 4.78 is 7.81. The van der Waals surface area contributed by atoms with Gasteiger partial charge in [-0.25, -0.2) is 0 Å². The zero-order chi connectivity index (χ0) is 14.5. The fourth-order valence-electron chi connectivity index (χ4n) is 2.08. The first kappa shape index (κ1) is 15.7. The summed E-state index contributed by atoms with van der Waals surface area (Å²) in [5.41, 5.74) is 2.27. The van der Waals surface area contributed by atoms with Crippen molar-refractivity contribution in [3.8, 4) is 5.75 Å². The van der Waals surface area contributed by atoms with Crippen molar-refractivity contribution >= 4 is 38.5 Å². The molecule has 1 heterocycles. The van der Waals surface area contributed by atoms with Crippen molar-refractivity contribution in [3.63, 3.8) is 0 Å². The number of nitrogens with zero attached hydrogens (tertiary/aromatic N) is 1. The first-order valence-corrected chi connectivity index (χ1v) is 8.22. The molecule has 0 aliphatic rings. The van der Waals surface area contributed by atoms with Crippen molar-refractivity contribution < 1.29 is 4.74 Å². The molecular formula is C15H16BrIN2O. The van der Waals surface area contributed by atoms with E-state index in [4.69, 9.17) is 4.74 Å². The number of halogens is 2. The smallest absolute Gasteiger partial charge is 0.137 e. The topological polar surface area (TPSA) is 34.1 Å². The van der Waals surface area contributed by atoms with Crippen LogP contribution < -0.4 is 10.1 Å². The van der Waals surface area contributed by atoms with E-state index in [2.05, 4.69) is 67.0 Å². The summed E-state index contributed by atoms with van der Waals surface area (Å²) in [5, 5.41) is 3.34. The van der Waals surface area contributed by atoms with Crippen LogP contribution in [0.4, 0.5) is 0 Å². The van der Waals surface area contributed by atoms with Crippen molar-refractivity contribution in [3.05, 3.63) is 55.8 Å². The molecule has 1 unspecified atom stereocenters. The minimum absolute atomic E-state index is 0.0759. The van der Waals surface area contributed by atoms with Gasteiger partial charge in [-0.3, -0.25) is 4.98 Å². The van der Waals surface area contributed by atoms with Crippen molar-refractivity contribution in [1.82, 2.24) is 10.3 Å². The molecule has 0 saturated carbocycles. The quantitative estimate of drug-likeness (QED) is 0.700. The van der Waals surface area contributed by atoms with E-state index in [1.807, 2.05) is 26.2 Å². The number of benzene rings is 1. The standard InChI is InChI=1S/C15H16BrIN2O/c1-3-20-12-6-10(8-19-9-12)15(18-2)13-7-11(17)4-5-14(13)16/h4-9,15,18H,3H2,1-2H3. The molecule has 5 heteroatoms. The minimum atomic E-state index is 0.0759. The molecule has 3 nitrogen and oxygen atoms in total. The maximum absolute atomic E-state index is 5.53. The number of hydrogen-bond donors (Lipinski definition) is 1. The van der Waals surface area contributed by atoms with E-state index >= 15 is 0 Å². The second-order valence-corrected chi connectivity index (χ2v) is 6.37. The lowest BCUT2D eigenvalue weighted by molar-refractivity contribution is 0.338. The van der Waals surface area contributed by atoms with Crippen LogP contribution in [0.5, 0.6) is 5.75 Å². The van der Waals surface area contributed by atoms with Crippen LogP contribution in [0.15, 0.2) is 41.1 Å². The highest BCUT2D eigenvalue weighted by Gasteiger charge is 2.16. The lowest BCUT2D eigenvalue weighted by Crippen LogP contribution is -2.18. The molecule has 0 amide bonds. The van der Waals surface area contributed by atoms with Gasteiger partial charge in [0.05, 0.1) is 18.8 Å². The monoisotopic (exact) mass is 446 g/mol. The third kappa shape index (κ3) is 3.71. The van der Waals surface area contributed by atoms with Gasteiger partial charge in [0.15, 0.2) is 0 Å². The van der Waals surface area contributed by atoms with Gasteiger partial charge < -0.3 is 10.1 Å². The van der Waals surface area contributed by atoms with Crippen molar-refractivity contribution in [2.45, 2.75) is 13.0 Å². The lowest BCUT2D eigenvalue weighted by Gasteiger charge is -2.19. The fraction of sp³-hybridized carbons (Fsp3) is 0.267. The van der Waals surface area contributed by atoms with Crippen LogP contribution in [0, 0.1) is 3.57 Å². The molecule has 2 rings (SSSR count). The summed E-state index contributed by atoms with van der Waals surface area (Å²) in [5.74, 6) is 0.798. The van der Waals surface area contributed by atoms with Gasteiger partial charge in [0.2, 0.25) is 0 Å². The molecular weight excluding hydrogens is 431 g/mol. The number of hydrogen-bond acceptors (Lipinski definition) is 3. The van der Waals surface area contributed by atoms with Gasteiger partial charge in [0, 0.05) is 14.2 Å². The van der Waals surface area contributed by atoms with Gasteiger partial charge in [-0.15, -0.1) is 0 Å². The lowest BCUT2D eigenvalue weighted by atomic mass is 10.0. The number of rotatable bonds is 5. The van der Waals surface area contributed by atoms with E-state index in [9.17, 15) is 0 Å². The van der Waals surface area contributed by atoms with Crippen molar-refractivity contribution in [1.29, 1.82) is 0 Å². The van der Waals surface area contributed by atoms with Crippen LogP contribution in [0.2, 0.25) is 0 Å². The highest BCUT2D eigenvalue weighted by Crippen LogP contribution is 2.30. The van der Waals surface area contributed by atoms with Crippen molar-refractivity contribution in [2.75, 3.05) is 13.7 Å². The van der Waals surface area contributed by atoms with Crippen LogP contribution in [0.1, 0.15) is 24.1 Å². The average molecular weight is 447 g/mol. The summed E-state index contributed by atoms with van der Waals surface area (Å²) in [6.45, 7) is 2.61. The molecule has 0 bridgehead atoms. The molecule has 0 aliphatic carbocycles. The van der Waals surface area contributed by atoms with E-state index in [0.717, 1.165) is 15.8 Å². The molecule has 1 aromatic carbocycles. The van der Waals surface area contributed by atoms with Crippen LogP contribution in [0.3, 0.4) is 0 Å². The van der Waals surface area contributed by atoms with Crippen LogP contribution in [-0.2, 0) is 0 Å². The Hall–Kier alpha value is -0.660. The zero-order valence-electron chi connectivity index (χ0n) is 11.4. The second kappa shape index (κ2) is 7.38. The summed E-state index contributed by atoms with van der Waals surface area (Å²) in [6.07, 6.45) is 3.61. The predicted molar refractivity (Wildman–Crippen MR) is 93.2 cm³/mol. The first-order valence-electron chi connectivity index (χ1n) is 6.35. The van der Waals surface area contributed by atoms with E-state index < -0.39 is 0 Å². The summed E-state index contributed by atoms with van der Waals surface area (Å²) >= 11 is 5.95. The zero-order valence-corrected chi connectivity index (χ0v) is 15.1. The molecule has 0 fully saturated rings. The number of nitrogens with one attached hydrogen (secondary N) is 1. The highest BCUT2D eigenvalue weighted by molar-refractivity contribution is 14.1. The average Bonchev–Trinajstić information content (AvgIpc) is 2.44. The molecule has 0 radical (unpaired) electrons. The Morgan fingerprint density at radius 3 is 2.85 bits per heavy atom. The van der Waals surface area contributed by atoms with E-state index in [1.54, 1.807) is 6.20 Å². The van der Waals surface area contributed by atoms with Gasteiger partial charge in [0.25, 0.3) is 0 Å². The Labute approximate surface area is 141 Å². The van der Waals surface area contributed by atoms with Gasteiger partial charge in [-0.2, -0.15) is 0 Å². The Balaban J connectivity index is 2.41. The summed E-state index contributed by atoms with van der Waals surface area (Å²) in [7, 11) is 1.95.